The third-order valence-corrected chi connectivity index (χ3v) is 3.43. The summed E-state index contributed by atoms with van der Waals surface area (Å²) in [5, 5.41) is 3.15. The van der Waals surface area contributed by atoms with Gasteiger partial charge in [0, 0.05) is 13.1 Å². The van der Waals surface area contributed by atoms with Gasteiger partial charge in [-0.3, -0.25) is 0 Å². The molecular formula is C15H13BrF3NO. The molecule has 1 N–H and O–H groups in total. The molecule has 0 aromatic heterocycles. The van der Waals surface area contributed by atoms with Crippen molar-refractivity contribution >= 4 is 15.9 Å². The number of halogens is 4. The van der Waals surface area contributed by atoms with E-state index in [1.54, 1.807) is 18.2 Å². The maximum Gasteiger partial charge on any atom is 0.387 e. The van der Waals surface area contributed by atoms with E-state index in [9.17, 15) is 13.2 Å². The number of hydrogen-bond acceptors (Lipinski definition) is 2. The Hall–Kier alpha value is -1.53. The van der Waals surface area contributed by atoms with Gasteiger partial charge in [0.05, 0.1) is 4.47 Å². The standard InChI is InChI=1S/C15H13BrF3NO/c16-13-6-3-11(7-14(13)17)9-20-8-10-1-4-12(5-2-10)21-15(18)19/h1-7,15,20H,8-9H2. The zero-order chi connectivity index (χ0) is 15.2. The molecule has 0 fully saturated rings. The maximum atomic E-state index is 13.3. The van der Waals surface area contributed by atoms with Crippen LogP contribution in [0.25, 0.3) is 0 Å². The van der Waals surface area contributed by atoms with Gasteiger partial charge >= 0.3 is 6.61 Å². The minimum absolute atomic E-state index is 0.128. The monoisotopic (exact) mass is 359 g/mol. The highest BCUT2D eigenvalue weighted by atomic mass is 79.9. The highest BCUT2D eigenvalue weighted by Crippen LogP contribution is 2.17. The molecule has 6 heteroatoms. The summed E-state index contributed by atoms with van der Waals surface area (Å²) in [4.78, 5) is 0. The lowest BCUT2D eigenvalue weighted by Crippen LogP contribution is -2.12. The van der Waals surface area contributed by atoms with Crippen LogP contribution in [0.15, 0.2) is 46.9 Å². The predicted octanol–water partition coefficient (Wildman–Crippen LogP) is 4.48. The molecule has 0 unspecified atom stereocenters. The van der Waals surface area contributed by atoms with Gasteiger partial charge in [-0.1, -0.05) is 18.2 Å². The first kappa shape index (κ1) is 15.9. The lowest BCUT2D eigenvalue weighted by Gasteiger charge is -2.08. The van der Waals surface area contributed by atoms with Gasteiger partial charge in [-0.05, 0) is 51.3 Å². The summed E-state index contributed by atoms with van der Waals surface area (Å²) < 4.78 is 42.0. The van der Waals surface area contributed by atoms with Crippen molar-refractivity contribution in [3.63, 3.8) is 0 Å². The van der Waals surface area contributed by atoms with E-state index in [0.717, 1.165) is 11.1 Å². The van der Waals surface area contributed by atoms with Crippen molar-refractivity contribution in [1.29, 1.82) is 0 Å². The lowest BCUT2D eigenvalue weighted by atomic mass is 10.2. The van der Waals surface area contributed by atoms with Crippen molar-refractivity contribution in [1.82, 2.24) is 5.32 Å². The molecule has 112 valence electrons. The van der Waals surface area contributed by atoms with Gasteiger partial charge in [-0.15, -0.1) is 0 Å². The molecule has 21 heavy (non-hydrogen) atoms. The van der Waals surface area contributed by atoms with Crippen molar-refractivity contribution < 1.29 is 17.9 Å². The van der Waals surface area contributed by atoms with E-state index >= 15 is 0 Å². The molecule has 0 saturated heterocycles. The number of ether oxygens (including phenoxy) is 1. The van der Waals surface area contributed by atoms with E-state index in [1.165, 1.54) is 18.2 Å². The van der Waals surface area contributed by atoms with Gasteiger partial charge in [0.25, 0.3) is 0 Å². The molecule has 2 aromatic carbocycles. The van der Waals surface area contributed by atoms with Crippen molar-refractivity contribution in [2.45, 2.75) is 19.7 Å². The molecule has 2 nitrogen and oxygen atoms in total. The number of rotatable bonds is 6. The van der Waals surface area contributed by atoms with Crippen molar-refractivity contribution in [3.05, 3.63) is 63.9 Å². The first-order valence-electron chi connectivity index (χ1n) is 6.23. The van der Waals surface area contributed by atoms with Crippen LogP contribution in [-0.4, -0.2) is 6.61 Å². The minimum atomic E-state index is -2.82. The van der Waals surface area contributed by atoms with Crippen LogP contribution in [-0.2, 0) is 13.1 Å². The topological polar surface area (TPSA) is 21.3 Å². The summed E-state index contributed by atoms with van der Waals surface area (Å²) in [7, 11) is 0. The fourth-order valence-electron chi connectivity index (χ4n) is 1.79. The Balaban J connectivity index is 1.84. The molecule has 0 heterocycles. The molecule has 0 atom stereocenters. The molecule has 0 saturated carbocycles. The minimum Gasteiger partial charge on any atom is -0.435 e. The van der Waals surface area contributed by atoms with Gasteiger partial charge in [-0.25, -0.2) is 4.39 Å². The van der Waals surface area contributed by atoms with Crippen LogP contribution in [0, 0.1) is 5.82 Å². The molecule has 0 aliphatic carbocycles. The number of nitrogens with one attached hydrogen (secondary N) is 1. The zero-order valence-electron chi connectivity index (χ0n) is 11.0. The van der Waals surface area contributed by atoms with E-state index in [-0.39, 0.29) is 11.6 Å². The van der Waals surface area contributed by atoms with Gasteiger partial charge in [-0.2, -0.15) is 8.78 Å². The van der Waals surface area contributed by atoms with Crippen LogP contribution in [0.5, 0.6) is 5.75 Å². The molecule has 0 bridgehead atoms. The van der Waals surface area contributed by atoms with Crippen molar-refractivity contribution in [2.24, 2.45) is 0 Å². The number of benzene rings is 2. The molecule has 0 radical (unpaired) electrons. The molecule has 2 aromatic rings. The Labute approximate surface area is 129 Å². The third kappa shape index (κ3) is 5.06. The Morgan fingerprint density at radius 2 is 1.62 bits per heavy atom. The first-order valence-corrected chi connectivity index (χ1v) is 7.02. The largest absolute Gasteiger partial charge is 0.435 e. The van der Waals surface area contributed by atoms with Crippen LogP contribution in [0.3, 0.4) is 0 Å². The Kier molecular flexibility index (Phi) is 5.64. The summed E-state index contributed by atoms with van der Waals surface area (Å²) in [6.45, 7) is -1.76. The summed E-state index contributed by atoms with van der Waals surface area (Å²) in [6, 6.07) is 11.3. The fraction of sp³-hybridized carbons (Fsp3) is 0.200. The maximum absolute atomic E-state index is 13.3. The highest BCUT2D eigenvalue weighted by molar-refractivity contribution is 9.10. The van der Waals surface area contributed by atoms with Gasteiger partial charge in [0.2, 0.25) is 0 Å². The molecular weight excluding hydrogens is 347 g/mol. The van der Waals surface area contributed by atoms with Crippen LogP contribution < -0.4 is 10.1 Å². The number of alkyl halides is 2. The average molecular weight is 360 g/mol. The number of hydrogen-bond donors (Lipinski definition) is 1. The van der Waals surface area contributed by atoms with Crippen molar-refractivity contribution in [3.8, 4) is 5.75 Å². The summed E-state index contributed by atoms with van der Waals surface area (Å²) in [6.07, 6.45) is 0. The lowest BCUT2D eigenvalue weighted by molar-refractivity contribution is -0.0498. The second-order valence-electron chi connectivity index (χ2n) is 4.37. The first-order chi connectivity index (χ1) is 10.0. The van der Waals surface area contributed by atoms with E-state index in [4.69, 9.17) is 0 Å². The SMILES string of the molecule is Fc1cc(CNCc2ccc(OC(F)F)cc2)ccc1Br. The Morgan fingerprint density at radius 3 is 2.24 bits per heavy atom. The highest BCUT2D eigenvalue weighted by Gasteiger charge is 2.04. The van der Waals surface area contributed by atoms with Gasteiger partial charge in [0.15, 0.2) is 0 Å². The second kappa shape index (κ2) is 7.47. The van der Waals surface area contributed by atoms with Gasteiger partial charge < -0.3 is 10.1 Å². The Bertz CT molecular complexity index is 590. The van der Waals surface area contributed by atoms with Crippen molar-refractivity contribution in [2.75, 3.05) is 0 Å². The van der Waals surface area contributed by atoms with Crippen LogP contribution in [0.2, 0.25) is 0 Å². The van der Waals surface area contributed by atoms with E-state index in [2.05, 4.69) is 26.0 Å². The van der Waals surface area contributed by atoms with E-state index in [1.807, 2.05) is 6.07 Å². The molecule has 0 amide bonds. The molecule has 0 aliphatic heterocycles. The zero-order valence-corrected chi connectivity index (χ0v) is 12.5. The Morgan fingerprint density at radius 1 is 1.00 bits per heavy atom. The quantitative estimate of drug-likeness (QED) is 0.820. The van der Waals surface area contributed by atoms with Crippen LogP contribution in [0.1, 0.15) is 11.1 Å². The molecule has 0 spiro atoms. The summed E-state index contributed by atoms with van der Waals surface area (Å²) in [5.74, 6) is -0.175. The van der Waals surface area contributed by atoms with Crippen LogP contribution in [0.4, 0.5) is 13.2 Å². The predicted molar refractivity (Wildman–Crippen MR) is 77.7 cm³/mol. The van der Waals surface area contributed by atoms with Gasteiger partial charge in [0.1, 0.15) is 11.6 Å². The normalized spacial score (nSPS) is 10.9. The van der Waals surface area contributed by atoms with E-state index < -0.39 is 6.61 Å². The molecule has 2 rings (SSSR count). The van der Waals surface area contributed by atoms with E-state index in [0.29, 0.717) is 17.6 Å². The summed E-state index contributed by atoms with van der Waals surface area (Å²) >= 11 is 3.10. The van der Waals surface area contributed by atoms with Crippen LogP contribution >= 0.6 is 15.9 Å². The fourth-order valence-corrected chi connectivity index (χ4v) is 2.04. The molecule has 0 aliphatic rings. The summed E-state index contributed by atoms with van der Waals surface area (Å²) in [5.41, 5.74) is 1.75. The average Bonchev–Trinajstić information content (AvgIpc) is 2.44. The smallest absolute Gasteiger partial charge is 0.387 e. The third-order valence-electron chi connectivity index (χ3n) is 2.79. The second-order valence-corrected chi connectivity index (χ2v) is 5.23.